The third-order valence-electron chi connectivity index (χ3n) is 4.61. The maximum Gasteiger partial charge on any atom is 0.222 e. The summed E-state index contributed by atoms with van der Waals surface area (Å²) in [5.41, 5.74) is 3.59. The van der Waals surface area contributed by atoms with Crippen LogP contribution in [0.3, 0.4) is 0 Å². The molecule has 0 spiro atoms. The monoisotopic (exact) mass is 290 g/mol. The van der Waals surface area contributed by atoms with E-state index in [1.54, 1.807) is 0 Å². The Morgan fingerprint density at radius 2 is 1.76 bits per heavy atom. The van der Waals surface area contributed by atoms with E-state index in [1.165, 1.54) is 19.3 Å². The maximum absolute atomic E-state index is 6.24. The third-order valence-corrected chi connectivity index (χ3v) is 4.61. The van der Waals surface area contributed by atoms with Gasteiger partial charge in [-0.15, -0.1) is 0 Å². The average Bonchev–Trinajstić information content (AvgIpc) is 3.24. The highest BCUT2D eigenvalue weighted by molar-refractivity contribution is 5.48. The van der Waals surface area contributed by atoms with Crippen LogP contribution in [0.4, 0.5) is 5.82 Å². The van der Waals surface area contributed by atoms with E-state index in [0.29, 0.717) is 17.6 Å². The molecule has 1 aromatic heterocycles. The number of ether oxygens (including phenoxy) is 1. The number of nitrogens with two attached hydrogens (primary N) is 1. The first-order chi connectivity index (χ1) is 10.1. The van der Waals surface area contributed by atoms with Crippen molar-refractivity contribution in [3.63, 3.8) is 0 Å². The van der Waals surface area contributed by atoms with Crippen molar-refractivity contribution in [2.45, 2.75) is 64.9 Å². The van der Waals surface area contributed by atoms with Gasteiger partial charge < -0.3 is 10.2 Å². The van der Waals surface area contributed by atoms with Crippen LogP contribution < -0.4 is 16.0 Å². The quantitative estimate of drug-likeness (QED) is 0.658. The summed E-state index contributed by atoms with van der Waals surface area (Å²) in [4.78, 5) is 9.17. The predicted molar refractivity (Wildman–Crippen MR) is 83.1 cm³/mol. The number of aromatic nitrogens is 2. The first kappa shape index (κ1) is 14.6. The fourth-order valence-corrected chi connectivity index (χ4v) is 3.42. The van der Waals surface area contributed by atoms with Crippen LogP contribution in [0.1, 0.15) is 63.3 Å². The molecular weight excluding hydrogens is 264 g/mol. The van der Waals surface area contributed by atoms with Crippen molar-refractivity contribution in [3.8, 4) is 5.88 Å². The highest BCUT2D eigenvalue weighted by Crippen LogP contribution is 2.40. The van der Waals surface area contributed by atoms with Crippen molar-refractivity contribution >= 4 is 5.82 Å². The second kappa shape index (κ2) is 5.79. The Morgan fingerprint density at radius 1 is 1.10 bits per heavy atom. The van der Waals surface area contributed by atoms with E-state index in [4.69, 9.17) is 10.6 Å². The van der Waals surface area contributed by atoms with Crippen LogP contribution in [0.25, 0.3) is 0 Å². The van der Waals surface area contributed by atoms with E-state index < -0.39 is 0 Å². The van der Waals surface area contributed by atoms with Gasteiger partial charge in [0.2, 0.25) is 5.88 Å². The molecule has 5 nitrogen and oxygen atoms in total. The largest absolute Gasteiger partial charge is 0.474 e. The topological polar surface area (TPSA) is 73.1 Å². The number of nitrogens with zero attached hydrogens (tertiary/aromatic N) is 2. The molecule has 0 radical (unpaired) electrons. The highest BCUT2D eigenvalue weighted by atomic mass is 16.5. The van der Waals surface area contributed by atoms with Gasteiger partial charge in [-0.25, -0.2) is 10.8 Å². The second-order valence-electron chi connectivity index (χ2n) is 6.94. The Morgan fingerprint density at radius 3 is 2.33 bits per heavy atom. The molecule has 116 valence electrons. The van der Waals surface area contributed by atoms with Gasteiger partial charge in [0.25, 0.3) is 0 Å². The second-order valence-corrected chi connectivity index (χ2v) is 6.94. The summed E-state index contributed by atoms with van der Waals surface area (Å²) in [5.74, 6) is 9.80. The predicted octanol–water partition coefficient (Wildman–Crippen LogP) is 3.15. The zero-order valence-electron chi connectivity index (χ0n) is 13.2. The Hall–Kier alpha value is -1.36. The molecule has 1 heterocycles. The minimum Gasteiger partial charge on any atom is -0.474 e. The molecule has 2 fully saturated rings. The van der Waals surface area contributed by atoms with Gasteiger partial charge >= 0.3 is 0 Å². The van der Waals surface area contributed by atoms with Crippen molar-refractivity contribution in [2.24, 2.45) is 17.7 Å². The molecule has 1 aromatic rings. The van der Waals surface area contributed by atoms with Gasteiger partial charge in [0.15, 0.2) is 0 Å². The Balaban J connectivity index is 1.81. The molecule has 0 bridgehead atoms. The summed E-state index contributed by atoms with van der Waals surface area (Å²) in [6.45, 7) is 6.58. The van der Waals surface area contributed by atoms with Crippen LogP contribution in [0.2, 0.25) is 0 Å². The maximum atomic E-state index is 6.24. The SMILES string of the molecule is Cc1c(NN)nc(C2CC2)nc1OC1CC(C)CC(C)C1. The molecule has 2 unspecified atom stereocenters. The minimum absolute atomic E-state index is 0.259. The lowest BCUT2D eigenvalue weighted by Gasteiger charge is -2.31. The molecule has 3 N–H and O–H groups in total. The molecular formula is C16H26N4O. The van der Waals surface area contributed by atoms with Crippen molar-refractivity contribution in [2.75, 3.05) is 5.43 Å². The number of hydrogen-bond acceptors (Lipinski definition) is 5. The van der Waals surface area contributed by atoms with Crippen LogP contribution in [0, 0.1) is 18.8 Å². The summed E-state index contributed by atoms with van der Waals surface area (Å²) in [5, 5.41) is 0. The van der Waals surface area contributed by atoms with Crippen LogP contribution in [0.15, 0.2) is 0 Å². The molecule has 0 amide bonds. The fraction of sp³-hybridized carbons (Fsp3) is 0.750. The summed E-state index contributed by atoms with van der Waals surface area (Å²) >= 11 is 0. The van der Waals surface area contributed by atoms with Crippen molar-refractivity contribution < 1.29 is 4.74 Å². The molecule has 3 rings (SSSR count). The Kier molecular flexibility index (Phi) is 4.02. The standard InChI is InChI=1S/C16H26N4O/c1-9-6-10(2)8-13(7-9)21-16-11(3)14(20-17)18-15(19-16)12-4-5-12/h9-10,12-13H,4-8,17H2,1-3H3,(H,18,19,20). The molecule has 2 aliphatic carbocycles. The molecule has 0 aromatic carbocycles. The van der Waals surface area contributed by atoms with E-state index >= 15 is 0 Å². The van der Waals surface area contributed by atoms with Gasteiger partial charge in [-0.05, 0) is 50.9 Å². The smallest absolute Gasteiger partial charge is 0.222 e. The van der Waals surface area contributed by atoms with Crippen LogP contribution in [-0.2, 0) is 0 Å². The van der Waals surface area contributed by atoms with Gasteiger partial charge in [-0.3, -0.25) is 0 Å². The lowest BCUT2D eigenvalue weighted by molar-refractivity contribution is 0.0956. The highest BCUT2D eigenvalue weighted by Gasteiger charge is 2.30. The van der Waals surface area contributed by atoms with Crippen molar-refractivity contribution in [3.05, 3.63) is 11.4 Å². The number of nitrogen functional groups attached to an aromatic ring is 1. The zero-order chi connectivity index (χ0) is 15.0. The summed E-state index contributed by atoms with van der Waals surface area (Å²) < 4.78 is 6.24. The number of nitrogens with one attached hydrogen (secondary N) is 1. The average molecular weight is 290 g/mol. The van der Waals surface area contributed by atoms with E-state index in [2.05, 4.69) is 29.2 Å². The molecule has 21 heavy (non-hydrogen) atoms. The molecule has 2 saturated carbocycles. The van der Waals surface area contributed by atoms with Crippen LogP contribution >= 0.6 is 0 Å². The molecule has 2 aliphatic rings. The molecule has 0 aliphatic heterocycles. The van der Waals surface area contributed by atoms with Crippen LogP contribution in [0.5, 0.6) is 5.88 Å². The fourth-order valence-electron chi connectivity index (χ4n) is 3.42. The van der Waals surface area contributed by atoms with Gasteiger partial charge in [-0.2, -0.15) is 4.98 Å². The number of hydrogen-bond donors (Lipinski definition) is 2. The number of anilines is 1. The summed E-state index contributed by atoms with van der Waals surface area (Å²) in [6.07, 6.45) is 6.12. The van der Waals surface area contributed by atoms with Crippen LogP contribution in [-0.4, -0.2) is 16.1 Å². The molecule has 5 heteroatoms. The van der Waals surface area contributed by atoms with Gasteiger partial charge in [0.05, 0.1) is 5.56 Å². The van der Waals surface area contributed by atoms with Gasteiger partial charge in [0.1, 0.15) is 17.7 Å². The molecule has 2 atom stereocenters. The van der Waals surface area contributed by atoms with Gasteiger partial charge in [-0.1, -0.05) is 13.8 Å². The Labute approximate surface area is 126 Å². The molecule has 0 saturated heterocycles. The number of rotatable bonds is 4. The van der Waals surface area contributed by atoms with E-state index in [0.717, 1.165) is 36.1 Å². The summed E-state index contributed by atoms with van der Waals surface area (Å²) in [7, 11) is 0. The first-order valence-corrected chi connectivity index (χ1v) is 8.08. The van der Waals surface area contributed by atoms with Crippen molar-refractivity contribution in [1.29, 1.82) is 0 Å². The van der Waals surface area contributed by atoms with Crippen molar-refractivity contribution in [1.82, 2.24) is 9.97 Å². The Bertz CT molecular complexity index is 505. The lowest BCUT2D eigenvalue weighted by atomic mass is 9.82. The third kappa shape index (κ3) is 3.28. The van der Waals surface area contributed by atoms with E-state index in [-0.39, 0.29) is 6.10 Å². The van der Waals surface area contributed by atoms with E-state index in [1.807, 2.05) is 6.92 Å². The zero-order valence-corrected chi connectivity index (χ0v) is 13.2. The summed E-state index contributed by atoms with van der Waals surface area (Å²) in [6, 6.07) is 0. The lowest BCUT2D eigenvalue weighted by Crippen LogP contribution is -2.29. The number of hydrazine groups is 1. The first-order valence-electron chi connectivity index (χ1n) is 8.08. The van der Waals surface area contributed by atoms with E-state index in [9.17, 15) is 0 Å². The minimum atomic E-state index is 0.259. The van der Waals surface area contributed by atoms with Gasteiger partial charge in [0, 0.05) is 5.92 Å². The normalized spacial score (nSPS) is 29.2.